The number of nitrogens with zero attached hydrogens (tertiary/aromatic N) is 2. The lowest BCUT2D eigenvalue weighted by atomic mass is 9.97. The fourth-order valence-electron chi connectivity index (χ4n) is 8.66. The standard InChI is InChI=1S/C54H36N2/c1-2-16-44(17-3-1)56-53-22-9-8-20-50(53)51-36-43(29-33-54(51)56)40-24-25-42-35-46(32-28-41(42)34-40)55(52-23-11-15-38-13-5-7-19-49(38)52)45-30-26-39(27-31-45)48-21-10-14-37-12-4-6-18-47(37)48/h1-36H. The van der Waals surface area contributed by atoms with Crippen LogP contribution in [0.5, 0.6) is 0 Å². The molecule has 2 heteroatoms. The largest absolute Gasteiger partial charge is 0.310 e. The molecule has 1 aromatic heterocycles. The molecule has 0 saturated heterocycles. The van der Waals surface area contributed by atoms with Gasteiger partial charge in [-0.25, -0.2) is 0 Å². The van der Waals surface area contributed by atoms with E-state index in [2.05, 4.69) is 228 Å². The Labute approximate surface area is 325 Å². The summed E-state index contributed by atoms with van der Waals surface area (Å²) in [6, 6.07) is 79.5. The van der Waals surface area contributed by atoms with Crippen molar-refractivity contribution >= 4 is 71.2 Å². The van der Waals surface area contributed by atoms with Gasteiger partial charge in [0.25, 0.3) is 0 Å². The lowest BCUT2D eigenvalue weighted by Crippen LogP contribution is -2.10. The number of benzene rings is 10. The van der Waals surface area contributed by atoms with Crippen molar-refractivity contribution in [2.45, 2.75) is 0 Å². The number of fused-ring (bicyclic) bond motifs is 6. The lowest BCUT2D eigenvalue weighted by Gasteiger charge is -2.27. The molecule has 0 saturated carbocycles. The third kappa shape index (κ3) is 5.34. The Morgan fingerprint density at radius 3 is 1.71 bits per heavy atom. The maximum absolute atomic E-state index is 2.40. The summed E-state index contributed by atoms with van der Waals surface area (Å²) < 4.78 is 2.37. The SMILES string of the molecule is c1ccc(-n2c3ccccc3c3cc(-c4ccc5cc(N(c6ccc(-c7cccc8ccccc78)cc6)c6cccc7ccccc67)ccc5c4)ccc32)cc1. The zero-order valence-electron chi connectivity index (χ0n) is 30.7. The molecule has 56 heavy (non-hydrogen) atoms. The van der Waals surface area contributed by atoms with Gasteiger partial charge in [-0.05, 0) is 116 Å². The summed E-state index contributed by atoms with van der Waals surface area (Å²) in [5.74, 6) is 0. The summed E-state index contributed by atoms with van der Waals surface area (Å²) in [4.78, 5) is 2.40. The number of rotatable bonds is 6. The summed E-state index contributed by atoms with van der Waals surface area (Å²) in [5, 5.41) is 9.88. The van der Waals surface area contributed by atoms with Crippen LogP contribution in [0.4, 0.5) is 17.1 Å². The van der Waals surface area contributed by atoms with Crippen molar-refractivity contribution in [1.29, 1.82) is 0 Å². The number of aromatic nitrogens is 1. The van der Waals surface area contributed by atoms with Crippen LogP contribution in [-0.2, 0) is 0 Å². The molecule has 11 rings (SSSR count). The molecule has 2 nitrogen and oxygen atoms in total. The smallest absolute Gasteiger partial charge is 0.0541 e. The van der Waals surface area contributed by atoms with Gasteiger partial charge in [-0.1, -0.05) is 152 Å². The zero-order valence-corrected chi connectivity index (χ0v) is 30.7. The molecule has 11 aromatic rings. The first-order valence-electron chi connectivity index (χ1n) is 19.3. The summed E-state index contributed by atoms with van der Waals surface area (Å²) in [7, 11) is 0. The molecule has 1 heterocycles. The van der Waals surface area contributed by atoms with E-state index in [-0.39, 0.29) is 0 Å². The minimum absolute atomic E-state index is 1.12. The van der Waals surface area contributed by atoms with Gasteiger partial charge < -0.3 is 9.47 Å². The number of hydrogen-bond donors (Lipinski definition) is 0. The molecule has 0 N–H and O–H groups in total. The Morgan fingerprint density at radius 1 is 0.304 bits per heavy atom. The van der Waals surface area contributed by atoms with Crippen LogP contribution in [0.15, 0.2) is 218 Å². The average molecular weight is 713 g/mol. The van der Waals surface area contributed by atoms with E-state index in [1.807, 2.05) is 0 Å². The molecule has 262 valence electrons. The van der Waals surface area contributed by atoms with Crippen LogP contribution in [0.25, 0.3) is 82.1 Å². The topological polar surface area (TPSA) is 8.17 Å². The van der Waals surface area contributed by atoms with Crippen LogP contribution in [0.2, 0.25) is 0 Å². The maximum Gasteiger partial charge on any atom is 0.0541 e. The average Bonchev–Trinajstić information content (AvgIpc) is 3.60. The second-order valence-corrected chi connectivity index (χ2v) is 14.6. The second-order valence-electron chi connectivity index (χ2n) is 14.6. The van der Waals surface area contributed by atoms with Crippen molar-refractivity contribution in [2.24, 2.45) is 0 Å². The number of para-hydroxylation sites is 2. The van der Waals surface area contributed by atoms with Crippen LogP contribution >= 0.6 is 0 Å². The summed E-state index contributed by atoms with van der Waals surface area (Å²) >= 11 is 0. The predicted octanol–water partition coefficient (Wildman–Crippen LogP) is 15.0. The Bertz CT molecular complexity index is 3240. The monoisotopic (exact) mass is 712 g/mol. The molecule has 0 aliphatic heterocycles. The van der Waals surface area contributed by atoms with Gasteiger partial charge in [-0.2, -0.15) is 0 Å². The van der Waals surface area contributed by atoms with Gasteiger partial charge in [-0.15, -0.1) is 0 Å². The molecule has 0 aliphatic rings. The minimum Gasteiger partial charge on any atom is -0.310 e. The van der Waals surface area contributed by atoms with Gasteiger partial charge in [0.1, 0.15) is 0 Å². The summed E-state index contributed by atoms with van der Waals surface area (Å²) in [6.45, 7) is 0. The molecule has 0 spiro atoms. The molecule has 0 atom stereocenters. The lowest BCUT2D eigenvalue weighted by molar-refractivity contribution is 1.18. The van der Waals surface area contributed by atoms with Crippen LogP contribution in [0.3, 0.4) is 0 Å². The Hall–Kier alpha value is -7.42. The minimum atomic E-state index is 1.12. The molecule has 0 fully saturated rings. The molecular weight excluding hydrogens is 677 g/mol. The highest BCUT2D eigenvalue weighted by Gasteiger charge is 2.17. The van der Waals surface area contributed by atoms with E-state index >= 15 is 0 Å². The molecule has 0 unspecified atom stereocenters. The second kappa shape index (κ2) is 13.2. The van der Waals surface area contributed by atoms with Crippen molar-refractivity contribution < 1.29 is 0 Å². The summed E-state index contributed by atoms with van der Waals surface area (Å²) in [6.07, 6.45) is 0. The first-order chi connectivity index (χ1) is 27.8. The van der Waals surface area contributed by atoms with Gasteiger partial charge in [-0.3, -0.25) is 0 Å². The Balaban J connectivity index is 1.01. The number of hydrogen-bond acceptors (Lipinski definition) is 1. The van der Waals surface area contributed by atoms with Crippen LogP contribution in [0, 0.1) is 0 Å². The van der Waals surface area contributed by atoms with Gasteiger partial charge in [0.2, 0.25) is 0 Å². The number of anilines is 3. The van der Waals surface area contributed by atoms with Gasteiger partial charge in [0, 0.05) is 33.2 Å². The van der Waals surface area contributed by atoms with E-state index in [0.29, 0.717) is 0 Å². The highest BCUT2D eigenvalue weighted by atomic mass is 15.1. The Morgan fingerprint density at radius 2 is 0.875 bits per heavy atom. The van der Waals surface area contributed by atoms with E-state index in [1.54, 1.807) is 0 Å². The third-order valence-corrected chi connectivity index (χ3v) is 11.3. The van der Waals surface area contributed by atoms with E-state index < -0.39 is 0 Å². The van der Waals surface area contributed by atoms with Crippen molar-refractivity contribution in [3.8, 4) is 27.9 Å². The maximum atomic E-state index is 2.40. The van der Waals surface area contributed by atoms with Crippen molar-refractivity contribution in [3.05, 3.63) is 218 Å². The summed E-state index contributed by atoms with van der Waals surface area (Å²) in [5.41, 5.74) is 11.9. The Kier molecular flexibility index (Phi) is 7.53. The molecule has 0 bridgehead atoms. The van der Waals surface area contributed by atoms with Crippen LogP contribution in [-0.4, -0.2) is 4.57 Å². The molecule has 0 amide bonds. The zero-order chi connectivity index (χ0) is 37.0. The first kappa shape index (κ1) is 32.0. The van der Waals surface area contributed by atoms with Crippen LogP contribution < -0.4 is 4.90 Å². The van der Waals surface area contributed by atoms with Crippen LogP contribution in [0.1, 0.15) is 0 Å². The van der Waals surface area contributed by atoms with Gasteiger partial charge >= 0.3 is 0 Å². The molecule has 10 aromatic carbocycles. The van der Waals surface area contributed by atoms with E-state index in [9.17, 15) is 0 Å². The molecule has 0 aliphatic carbocycles. The molecular formula is C54H36N2. The third-order valence-electron chi connectivity index (χ3n) is 11.3. The van der Waals surface area contributed by atoms with Crippen molar-refractivity contribution in [1.82, 2.24) is 4.57 Å². The molecule has 0 radical (unpaired) electrons. The highest BCUT2D eigenvalue weighted by Crippen LogP contribution is 2.42. The van der Waals surface area contributed by atoms with E-state index in [0.717, 1.165) is 17.1 Å². The van der Waals surface area contributed by atoms with Crippen molar-refractivity contribution in [3.63, 3.8) is 0 Å². The fourth-order valence-corrected chi connectivity index (χ4v) is 8.66. The fraction of sp³-hybridized carbons (Fsp3) is 0. The van der Waals surface area contributed by atoms with Gasteiger partial charge in [0.05, 0.1) is 16.7 Å². The highest BCUT2D eigenvalue weighted by molar-refractivity contribution is 6.11. The first-order valence-corrected chi connectivity index (χ1v) is 19.3. The van der Waals surface area contributed by atoms with E-state index in [1.165, 1.54) is 82.1 Å². The predicted molar refractivity (Wildman–Crippen MR) is 239 cm³/mol. The quantitative estimate of drug-likeness (QED) is 0.167. The van der Waals surface area contributed by atoms with E-state index in [4.69, 9.17) is 0 Å². The van der Waals surface area contributed by atoms with Gasteiger partial charge in [0.15, 0.2) is 0 Å². The normalized spacial score (nSPS) is 11.6. The van der Waals surface area contributed by atoms with Crippen molar-refractivity contribution in [2.75, 3.05) is 4.90 Å².